The molecule has 0 bridgehead atoms. The number of nitrogens with zero attached hydrogens (tertiary/aromatic N) is 6. The van der Waals surface area contributed by atoms with Crippen molar-refractivity contribution in [2.75, 3.05) is 52.4 Å². The summed E-state index contributed by atoms with van der Waals surface area (Å²) in [7, 11) is 0. The van der Waals surface area contributed by atoms with E-state index in [1.165, 1.54) is 50.8 Å². The number of rotatable bonds is 8. The van der Waals surface area contributed by atoms with Crippen LogP contribution >= 0.6 is 12.4 Å². The third-order valence-electron chi connectivity index (χ3n) is 8.10. The van der Waals surface area contributed by atoms with Crippen LogP contribution in [0.25, 0.3) is 0 Å². The summed E-state index contributed by atoms with van der Waals surface area (Å²) >= 11 is 0. The average Bonchev–Trinajstić information content (AvgIpc) is 3.22. The van der Waals surface area contributed by atoms with Crippen LogP contribution in [0, 0.1) is 0 Å². The van der Waals surface area contributed by atoms with Crippen LogP contribution in [0.2, 0.25) is 0 Å². The minimum Gasteiger partial charge on any atom is -0.343 e. The van der Waals surface area contributed by atoms with Crippen molar-refractivity contribution in [3.8, 4) is 0 Å². The number of likely N-dealkylation sites (tertiary alicyclic amines) is 2. The summed E-state index contributed by atoms with van der Waals surface area (Å²) in [4.78, 5) is 38.8. The number of piperidine rings is 1. The first-order chi connectivity index (χ1) is 18.6. The summed E-state index contributed by atoms with van der Waals surface area (Å²) in [5.41, 5.74) is 2.04. The van der Waals surface area contributed by atoms with Crippen LogP contribution in [0.3, 0.4) is 0 Å². The molecule has 0 spiro atoms. The van der Waals surface area contributed by atoms with Gasteiger partial charge in [-0.3, -0.25) is 19.4 Å². The Balaban J connectivity index is 0.00000353. The van der Waals surface area contributed by atoms with Gasteiger partial charge in [0, 0.05) is 64.2 Å². The van der Waals surface area contributed by atoms with Crippen molar-refractivity contribution in [3.05, 3.63) is 47.1 Å². The van der Waals surface area contributed by atoms with Gasteiger partial charge in [0.2, 0.25) is 11.8 Å². The molecule has 10 heteroatoms. The quantitative estimate of drug-likeness (QED) is 0.487. The van der Waals surface area contributed by atoms with Crippen molar-refractivity contribution in [3.63, 3.8) is 0 Å². The van der Waals surface area contributed by atoms with E-state index in [2.05, 4.69) is 32.1 Å². The topological polar surface area (TPSA) is 86.0 Å². The van der Waals surface area contributed by atoms with Gasteiger partial charge in [-0.15, -0.1) is 12.4 Å². The number of halogens is 1. The monoisotopic (exact) mass is 558 g/mol. The molecule has 2 amide bonds. The van der Waals surface area contributed by atoms with Gasteiger partial charge in [-0.2, -0.15) is 4.98 Å². The first kappa shape index (κ1) is 29.5. The second-order valence-electron chi connectivity index (χ2n) is 11.0. The van der Waals surface area contributed by atoms with Crippen molar-refractivity contribution < 1.29 is 14.1 Å². The fourth-order valence-corrected chi connectivity index (χ4v) is 5.77. The summed E-state index contributed by atoms with van der Waals surface area (Å²) in [5.74, 6) is 1.46. The maximum Gasteiger partial charge on any atom is 0.253 e. The zero-order chi connectivity index (χ0) is 26.2. The number of aromatic nitrogens is 2. The van der Waals surface area contributed by atoms with Crippen LogP contribution in [0.4, 0.5) is 0 Å². The van der Waals surface area contributed by atoms with Crippen molar-refractivity contribution in [1.29, 1.82) is 0 Å². The van der Waals surface area contributed by atoms with E-state index >= 15 is 0 Å². The second kappa shape index (κ2) is 14.8. The lowest BCUT2D eigenvalue weighted by molar-refractivity contribution is -0.131. The molecule has 9 nitrogen and oxygen atoms in total. The van der Waals surface area contributed by atoms with Crippen LogP contribution in [0.15, 0.2) is 28.8 Å². The highest BCUT2D eigenvalue weighted by atomic mass is 35.5. The molecule has 3 aliphatic rings. The molecule has 0 saturated carbocycles. The minimum atomic E-state index is 0. The summed E-state index contributed by atoms with van der Waals surface area (Å²) in [6.07, 6.45) is 9.45. The smallest absolute Gasteiger partial charge is 0.253 e. The Kier molecular flexibility index (Phi) is 11.2. The lowest BCUT2D eigenvalue weighted by Gasteiger charge is -2.34. The standard InChI is InChI=1S/C29H42N6O3.ClH/c36-28(34-16-6-1-2-7-17-34)13-12-27-30-26(31-38-27)23-33-18-20-35(21-19-33)29(37)25-10-8-24(9-11-25)22-32-14-4-3-5-15-32;/h8-11H,1-7,12-23H2;1H. The predicted molar refractivity (Wildman–Crippen MR) is 152 cm³/mol. The Bertz CT molecular complexity index is 1040. The normalized spacial score (nSPS) is 19.4. The van der Waals surface area contributed by atoms with Gasteiger partial charge in [-0.1, -0.05) is 36.6 Å². The van der Waals surface area contributed by atoms with Gasteiger partial charge in [0.25, 0.3) is 5.91 Å². The molecule has 3 saturated heterocycles. The second-order valence-corrected chi connectivity index (χ2v) is 11.0. The van der Waals surface area contributed by atoms with Gasteiger partial charge in [-0.05, 0) is 56.5 Å². The van der Waals surface area contributed by atoms with Crippen LogP contribution in [-0.2, 0) is 24.3 Å². The Morgan fingerprint density at radius 2 is 1.33 bits per heavy atom. The third-order valence-corrected chi connectivity index (χ3v) is 8.10. The fourth-order valence-electron chi connectivity index (χ4n) is 5.77. The summed E-state index contributed by atoms with van der Waals surface area (Å²) in [6.45, 7) is 8.57. The molecule has 1 aromatic carbocycles. The van der Waals surface area contributed by atoms with E-state index in [1.807, 2.05) is 21.9 Å². The number of hydrogen-bond acceptors (Lipinski definition) is 7. The molecular weight excluding hydrogens is 516 g/mol. The number of carbonyl (C=O) groups excluding carboxylic acids is 2. The molecule has 0 atom stereocenters. The SMILES string of the molecule is Cl.O=C(CCc1nc(CN2CCN(C(=O)c3ccc(CN4CCCCC4)cc3)CC2)no1)N1CCCCCC1. The molecule has 0 unspecified atom stereocenters. The zero-order valence-corrected chi connectivity index (χ0v) is 23.9. The first-order valence-corrected chi connectivity index (χ1v) is 14.6. The highest BCUT2D eigenvalue weighted by molar-refractivity contribution is 5.94. The Labute approximate surface area is 238 Å². The van der Waals surface area contributed by atoms with Gasteiger partial charge in [0.1, 0.15) is 0 Å². The van der Waals surface area contributed by atoms with E-state index in [1.54, 1.807) is 0 Å². The Hall–Kier alpha value is -2.49. The van der Waals surface area contributed by atoms with E-state index in [9.17, 15) is 9.59 Å². The summed E-state index contributed by atoms with van der Waals surface area (Å²) in [6, 6.07) is 8.17. The average molecular weight is 559 g/mol. The molecule has 214 valence electrons. The van der Waals surface area contributed by atoms with Crippen LogP contribution in [0.5, 0.6) is 0 Å². The Morgan fingerprint density at radius 1 is 0.718 bits per heavy atom. The van der Waals surface area contributed by atoms with Crippen LogP contribution in [0.1, 0.15) is 79.0 Å². The van der Waals surface area contributed by atoms with Crippen LogP contribution < -0.4 is 0 Å². The van der Waals surface area contributed by atoms with Crippen molar-refractivity contribution in [2.24, 2.45) is 0 Å². The zero-order valence-electron chi connectivity index (χ0n) is 23.1. The summed E-state index contributed by atoms with van der Waals surface area (Å²) < 4.78 is 5.42. The van der Waals surface area contributed by atoms with Gasteiger partial charge in [-0.25, -0.2) is 0 Å². The van der Waals surface area contributed by atoms with Gasteiger partial charge < -0.3 is 14.3 Å². The van der Waals surface area contributed by atoms with Gasteiger partial charge in [0.05, 0.1) is 6.54 Å². The maximum atomic E-state index is 13.1. The third kappa shape index (κ3) is 8.50. The lowest BCUT2D eigenvalue weighted by atomic mass is 10.1. The molecule has 5 rings (SSSR count). The first-order valence-electron chi connectivity index (χ1n) is 14.6. The Morgan fingerprint density at radius 3 is 2.03 bits per heavy atom. The number of aryl methyl sites for hydroxylation is 1. The van der Waals surface area contributed by atoms with Crippen molar-refractivity contribution in [1.82, 2.24) is 29.7 Å². The number of piperazine rings is 1. The maximum absolute atomic E-state index is 13.1. The fraction of sp³-hybridized carbons (Fsp3) is 0.655. The molecule has 3 fully saturated rings. The summed E-state index contributed by atoms with van der Waals surface area (Å²) in [5, 5.41) is 4.13. The lowest BCUT2D eigenvalue weighted by Crippen LogP contribution is -2.48. The van der Waals surface area contributed by atoms with E-state index in [4.69, 9.17) is 4.52 Å². The largest absolute Gasteiger partial charge is 0.343 e. The molecule has 2 aromatic rings. The van der Waals surface area contributed by atoms with Crippen molar-refractivity contribution in [2.45, 2.75) is 70.9 Å². The molecule has 0 N–H and O–H groups in total. The minimum absolute atomic E-state index is 0. The highest BCUT2D eigenvalue weighted by Gasteiger charge is 2.24. The molecule has 0 aliphatic carbocycles. The number of carbonyl (C=O) groups is 2. The molecule has 3 aliphatic heterocycles. The molecular formula is C29H43ClN6O3. The molecule has 39 heavy (non-hydrogen) atoms. The number of benzene rings is 1. The van der Waals surface area contributed by atoms with E-state index in [-0.39, 0.29) is 24.2 Å². The van der Waals surface area contributed by atoms with Gasteiger partial charge >= 0.3 is 0 Å². The van der Waals surface area contributed by atoms with Gasteiger partial charge in [0.15, 0.2) is 5.82 Å². The molecule has 1 aromatic heterocycles. The predicted octanol–water partition coefficient (Wildman–Crippen LogP) is 3.77. The molecule has 4 heterocycles. The van der Waals surface area contributed by atoms with E-state index in [0.717, 1.165) is 51.1 Å². The van der Waals surface area contributed by atoms with Crippen LogP contribution in [-0.4, -0.2) is 93.9 Å². The highest BCUT2D eigenvalue weighted by Crippen LogP contribution is 2.16. The van der Waals surface area contributed by atoms with E-state index < -0.39 is 0 Å². The number of amides is 2. The molecule has 0 radical (unpaired) electrons. The van der Waals surface area contributed by atoms with E-state index in [0.29, 0.717) is 44.2 Å². The number of hydrogen-bond donors (Lipinski definition) is 0. The van der Waals surface area contributed by atoms with Crippen molar-refractivity contribution >= 4 is 24.2 Å².